The first kappa shape index (κ1) is 13.0. The van der Waals surface area contributed by atoms with E-state index < -0.39 is 6.10 Å². The van der Waals surface area contributed by atoms with Crippen molar-refractivity contribution in [1.29, 1.82) is 0 Å². The van der Waals surface area contributed by atoms with Crippen molar-refractivity contribution in [2.24, 2.45) is 5.92 Å². The molecule has 1 N–H and O–H groups in total. The molecule has 0 bridgehead atoms. The van der Waals surface area contributed by atoms with Crippen LogP contribution >= 0.6 is 0 Å². The number of hydrogen-bond acceptors (Lipinski definition) is 2. The van der Waals surface area contributed by atoms with Gasteiger partial charge in [0, 0.05) is 11.9 Å². The summed E-state index contributed by atoms with van der Waals surface area (Å²) in [6.45, 7) is 2.58. The van der Waals surface area contributed by atoms with Crippen LogP contribution in [0.4, 0.5) is 0 Å². The number of hydrogen-bond donors (Lipinski definition) is 1. The molecule has 0 aliphatic heterocycles. The second-order valence-corrected chi connectivity index (χ2v) is 5.43. The summed E-state index contributed by atoms with van der Waals surface area (Å²) in [5.41, 5.74) is 0. The van der Waals surface area contributed by atoms with E-state index in [4.69, 9.17) is 4.74 Å². The molecule has 1 aliphatic rings. The number of ether oxygens (including phenoxy) is 1. The lowest BCUT2D eigenvalue weighted by Gasteiger charge is -2.16. The average molecular weight is 269 g/mol. The molecule has 1 atom stereocenters. The van der Waals surface area contributed by atoms with E-state index in [0.717, 1.165) is 23.1 Å². The minimum absolute atomic E-state index is 0.0372. The van der Waals surface area contributed by atoms with Gasteiger partial charge in [0.1, 0.15) is 5.75 Å². The van der Waals surface area contributed by atoms with Gasteiger partial charge in [0.15, 0.2) is 6.10 Å². The van der Waals surface area contributed by atoms with Crippen LogP contribution in [0.5, 0.6) is 5.75 Å². The quantitative estimate of drug-likeness (QED) is 0.905. The zero-order valence-corrected chi connectivity index (χ0v) is 11.6. The van der Waals surface area contributed by atoms with Crippen LogP contribution in [0.3, 0.4) is 0 Å². The van der Waals surface area contributed by atoms with Crippen LogP contribution in [0.2, 0.25) is 0 Å². The molecule has 3 heteroatoms. The van der Waals surface area contributed by atoms with E-state index >= 15 is 0 Å². The molecular formula is C17H19NO2. The summed E-state index contributed by atoms with van der Waals surface area (Å²) < 4.78 is 5.83. The summed E-state index contributed by atoms with van der Waals surface area (Å²) in [7, 11) is 0. The normalized spacial score (nSPS) is 15.8. The third-order valence-electron chi connectivity index (χ3n) is 3.68. The Kier molecular flexibility index (Phi) is 3.59. The molecule has 2 aromatic rings. The average Bonchev–Trinajstić information content (AvgIpc) is 3.29. The van der Waals surface area contributed by atoms with Crippen LogP contribution in [0, 0.1) is 5.92 Å². The highest BCUT2D eigenvalue weighted by molar-refractivity contribution is 5.89. The molecule has 1 unspecified atom stereocenters. The number of carbonyl (C=O) groups is 1. The van der Waals surface area contributed by atoms with Crippen LogP contribution in [0.15, 0.2) is 42.5 Å². The van der Waals surface area contributed by atoms with Gasteiger partial charge >= 0.3 is 0 Å². The van der Waals surface area contributed by atoms with Gasteiger partial charge < -0.3 is 10.1 Å². The van der Waals surface area contributed by atoms with Crippen molar-refractivity contribution in [3.63, 3.8) is 0 Å². The van der Waals surface area contributed by atoms with Crippen molar-refractivity contribution >= 4 is 16.7 Å². The minimum Gasteiger partial charge on any atom is -0.480 e. The molecule has 3 rings (SSSR count). The summed E-state index contributed by atoms with van der Waals surface area (Å²) in [5, 5.41) is 5.11. The Morgan fingerprint density at radius 1 is 1.25 bits per heavy atom. The fourth-order valence-electron chi connectivity index (χ4n) is 2.25. The molecule has 3 nitrogen and oxygen atoms in total. The molecular weight excluding hydrogens is 250 g/mol. The Labute approximate surface area is 118 Å². The molecule has 0 heterocycles. The molecule has 1 fully saturated rings. The summed E-state index contributed by atoms with van der Waals surface area (Å²) in [4.78, 5) is 12.0. The molecule has 0 spiro atoms. The maximum atomic E-state index is 12.0. The van der Waals surface area contributed by atoms with Crippen LogP contribution < -0.4 is 10.1 Å². The zero-order chi connectivity index (χ0) is 13.9. The molecule has 0 radical (unpaired) electrons. The second-order valence-electron chi connectivity index (χ2n) is 5.43. The van der Waals surface area contributed by atoms with Crippen LogP contribution in [0.25, 0.3) is 10.8 Å². The van der Waals surface area contributed by atoms with Crippen molar-refractivity contribution in [2.45, 2.75) is 25.9 Å². The van der Waals surface area contributed by atoms with E-state index in [1.807, 2.05) is 42.5 Å². The van der Waals surface area contributed by atoms with Crippen molar-refractivity contribution in [2.75, 3.05) is 6.54 Å². The van der Waals surface area contributed by atoms with Gasteiger partial charge in [0.05, 0.1) is 0 Å². The van der Waals surface area contributed by atoms with Crippen molar-refractivity contribution in [3.05, 3.63) is 42.5 Å². The first-order valence-electron chi connectivity index (χ1n) is 7.16. The van der Waals surface area contributed by atoms with E-state index in [1.165, 1.54) is 12.8 Å². The smallest absolute Gasteiger partial charge is 0.260 e. The number of rotatable bonds is 5. The molecule has 1 amide bonds. The van der Waals surface area contributed by atoms with Crippen molar-refractivity contribution in [3.8, 4) is 5.75 Å². The van der Waals surface area contributed by atoms with Gasteiger partial charge in [0.25, 0.3) is 5.91 Å². The van der Waals surface area contributed by atoms with E-state index in [-0.39, 0.29) is 5.91 Å². The minimum atomic E-state index is -0.473. The lowest BCUT2D eigenvalue weighted by Crippen LogP contribution is -2.37. The van der Waals surface area contributed by atoms with Gasteiger partial charge in [-0.05, 0) is 37.1 Å². The number of nitrogens with one attached hydrogen (secondary N) is 1. The monoisotopic (exact) mass is 269 g/mol. The lowest BCUT2D eigenvalue weighted by molar-refractivity contribution is -0.127. The number of carbonyl (C=O) groups excluding carboxylic acids is 1. The van der Waals surface area contributed by atoms with Gasteiger partial charge in [-0.15, -0.1) is 0 Å². The Morgan fingerprint density at radius 2 is 2.00 bits per heavy atom. The molecule has 0 aromatic heterocycles. The van der Waals surface area contributed by atoms with Crippen LogP contribution in [-0.2, 0) is 4.79 Å². The van der Waals surface area contributed by atoms with E-state index in [0.29, 0.717) is 5.92 Å². The summed E-state index contributed by atoms with van der Waals surface area (Å²) >= 11 is 0. The topological polar surface area (TPSA) is 38.3 Å². The Morgan fingerprint density at radius 3 is 2.80 bits per heavy atom. The summed E-state index contributed by atoms with van der Waals surface area (Å²) in [6, 6.07) is 13.9. The van der Waals surface area contributed by atoms with E-state index in [9.17, 15) is 4.79 Å². The zero-order valence-electron chi connectivity index (χ0n) is 11.6. The maximum absolute atomic E-state index is 12.0. The fourth-order valence-corrected chi connectivity index (χ4v) is 2.25. The number of benzene rings is 2. The lowest BCUT2D eigenvalue weighted by atomic mass is 10.1. The van der Waals surface area contributed by atoms with Gasteiger partial charge in [-0.2, -0.15) is 0 Å². The predicted molar refractivity (Wildman–Crippen MR) is 79.8 cm³/mol. The summed E-state index contributed by atoms with van der Waals surface area (Å²) in [6.07, 6.45) is 2.00. The number of fused-ring (bicyclic) bond motifs is 1. The first-order valence-corrected chi connectivity index (χ1v) is 7.16. The fraction of sp³-hybridized carbons (Fsp3) is 0.353. The van der Waals surface area contributed by atoms with E-state index in [1.54, 1.807) is 6.92 Å². The molecule has 104 valence electrons. The highest BCUT2D eigenvalue weighted by Gasteiger charge is 2.23. The van der Waals surface area contributed by atoms with Gasteiger partial charge in [-0.3, -0.25) is 4.79 Å². The van der Waals surface area contributed by atoms with Crippen LogP contribution in [-0.4, -0.2) is 18.6 Å². The number of amides is 1. The standard InChI is InChI=1S/C17H19NO2/c1-12(17(19)18-11-13-9-10-13)20-16-8-4-6-14-5-2-3-7-15(14)16/h2-8,12-13H,9-11H2,1H3,(H,18,19). The maximum Gasteiger partial charge on any atom is 0.260 e. The third kappa shape index (κ3) is 2.93. The van der Waals surface area contributed by atoms with E-state index in [2.05, 4.69) is 5.32 Å². The highest BCUT2D eigenvalue weighted by Crippen LogP contribution is 2.28. The Hall–Kier alpha value is -2.03. The largest absolute Gasteiger partial charge is 0.480 e. The van der Waals surface area contributed by atoms with Crippen molar-refractivity contribution in [1.82, 2.24) is 5.32 Å². The molecule has 2 aromatic carbocycles. The molecule has 1 saturated carbocycles. The van der Waals surface area contributed by atoms with Crippen molar-refractivity contribution < 1.29 is 9.53 Å². The first-order chi connectivity index (χ1) is 9.74. The van der Waals surface area contributed by atoms with Gasteiger partial charge in [-0.25, -0.2) is 0 Å². The third-order valence-corrected chi connectivity index (χ3v) is 3.68. The van der Waals surface area contributed by atoms with Gasteiger partial charge in [0.2, 0.25) is 0 Å². The Bertz CT molecular complexity index is 614. The molecule has 20 heavy (non-hydrogen) atoms. The Balaban J connectivity index is 1.69. The van der Waals surface area contributed by atoms with Gasteiger partial charge in [-0.1, -0.05) is 36.4 Å². The predicted octanol–water partition coefficient (Wildman–Crippen LogP) is 3.13. The highest BCUT2D eigenvalue weighted by atomic mass is 16.5. The second kappa shape index (κ2) is 5.53. The summed E-state index contributed by atoms with van der Waals surface area (Å²) in [5.74, 6) is 1.41. The molecule has 0 saturated heterocycles. The molecule has 1 aliphatic carbocycles. The SMILES string of the molecule is CC(Oc1cccc2ccccc12)C(=O)NCC1CC1. The van der Waals surface area contributed by atoms with Crippen LogP contribution in [0.1, 0.15) is 19.8 Å².